The SMILES string of the molecule is Cc1nc(CN2CCC(CCN)CC2)cs1. The highest BCUT2D eigenvalue weighted by Crippen LogP contribution is 2.21. The summed E-state index contributed by atoms with van der Waals surface area (Å²) in [7, 11) is 0. The van der Waals surface area contributed by atoms with Crippen molar-refractivity contribution >= 4 is 11.3 Å². The number of thiazole rings is 1. The average Bonchev–Trinajstić information content (AvgIpc) is 2.67. The van der Waals surface area contributed by atoms with Crippen molar-refractivity contribution in [3.05, 3.63) is 16.1 Å². The first kappa shape index (κ1) is 12.0. The van der Waals surface area contributed by atoms with Crippen molar-refractivity contribution in [2.75, 3.05) is 19.6 Å². The van der Waals surface area contributed by atoms with Crippen molar-refractivity contribution in [3.8, 4) is 0 Å². The molecule has 0 bridgehead atoms. The summed E-state index contributed by atoms with van der Waals surface area (Å²) in [6.07, 6.45) is 3.81. The summed E-state index contributed by atoms with van der Waals surface area (Å²) in [6.45, 7) is 6.36. The molecule has 0 atom stereocenters. The van der Waals surface area contributed by atoms with Gasteiger partial charge in [-0.2, -0.15) is 0 Å². The third-order valence-corrected chi connectivity index (χ3v) is 4.16. The van der Waals surface area contributed by atoms with Gasteiger partial charge in [0.05, 0.1) is 10.7 Å². The van der Waals surface area contributed by atoms with Crippen LogP contribution in [0.5, 0.6) is 0 Å². The van der Waals surface area contributed by atoms with Gasteiger partial charge >= 0.3 is 0 Å². The third kappa shape index (κ3) is 3.27. The van der Waals surface area contributed by atoms with Gasteiger partial charge in [-0.05, 0) is 51.7 Å². The molecule has 0 saturated carbocycles. The molecule has 0 unspecified atom stereocenters. The summed E-state index contributed by atoms with van der Waals surface area (Å²) in [6, 6.07) is 0. The second kappa shape index (κ2) is 5.75. The molecule has 1 saturated heterocycles. The van der Waals surface area contributed by atoms with Gasteiger partial charge in [-0.1, -0.05) is 0 Å². The summed E-state index contributed by atoms with van der Waals surface area (Å²) in [5.74, 6) is 0.860. The summed E-state index contributed by atoms with van der Waals surface area (Å²) >= 11 is 1.75. The summed E-state index contributed by atoms with van der Waals surface area (Å²) < 4.78 is 0. The van der Waals surface area contributed by atoms with E-state index in [2.05, 4.69) is 22.2 Å². The minimum Gasteiger partial charge on any atom is -0.330 e. The van der Waals surface area contributed by atoms with E-state index >= 15 is 0 Å². The standard InChI is InChI=1S/C12H21N3S/c1-10-14-12(9-16-10)8-15-6-3-11(2-5-13)4-7-15/h9,11H,2-8,13H2,1H3. The minimum absolute atomic E-state index is 0.843. The fraction of sp³-hybridized carbons (Fsp3) is 0.750. The van der Waals surface area contributed by atoms with E-state index in [0.29, 0.717) is 0 Å². The van der Waals surface area contributed by atoms with Crippen LogP contribution in [0.1, 0.15) is 30.0 Å². The van der Waals surface area contributed by atoms with E-state index in [4.69, 9.17) is 5.73 Å². The Hall–Kier alpha value is -0.450. The minimum atomic E-state index is 0.843. The van der Waals surface area contributed by atoms with Crippen molar-refractivity contribution in [2.45, 2.75) is 32.7 Å². The van der Waals surface area contributed by atoms with Crippen LogP contribution < -0.4 is 5.73 Å². The average molecular weight is 239 g/mol. The molecular formula is C12H21N3S. The molecule has 1 aromatic rings. The van der Waals surface area contributed by atoms with Crippen LogP contribution in [-0.4, -0.2) is 29.5 Å². The number of likely N-dealkylation sites (tertiary alicyclic amines) is 1. The highest BCUT2D eigenvalue weighted by atomic mass is 32.1. The molecule has 2 heterocycles. The molecule has 3 nitrogen and oxygen atoms in total. The molecule has 90 valence electrons. The van der Waals surface area contributed by atoms with E-state index < -0.39 is 0 Å². The highest BCUT2D eigenvalue weighted by molar-refractivity contribution is 7.09. The zero-order valence-corrected chi connectivity index (χ0v) is 10.8. The Bertz CT molecular complexity index is 316. The first-order valence-electron chi connectivity index (χ1n) is 6.11. The Morgan fingerprint density at radius 3 is 2.81 bits per heavy atom. The molecular weight excluding hydrogens is 218 g/mol. The van der Waals surface area contributed by atoms with Gasteiger partial charge in [0.1, 0.15) is 0 Å². The Morgan fingerprint density at radius 1 is 1.50 bits per heavy atom. The number of hydrogen-bond acceptors (Lipinski definition) is 4. The molecule has 0 radical (unpaired) electrons. The van der Waals surface area contributed by atoms with E-state index in [1.807, 2.05) is 0 Å². The van der Waals surface area contributed by atoms with Gasteiger partial charge < -0.3 is 5.73 Å². The summed E-state index contributed by atoms with van der Waals surface area (Å²) in [4.78, 5) is 7.03. The van der Waals surface area contributed by atoms with Crippen LogP contribution in [-0.2, 0) is 6.54 Å². The van der Waals surface area contributed by atoms with Crippen molar-refractivity contribution in [2.24, 2.45) is 11.7 Å². The maximum absolute atomic E-state index is 5.60. The molecule has 1 fully saturated rings. The molecule has 0 aliphatic carbocycles. The van der Waals surface area contributed by atoms with E-state index in [1.54, 1.807) is 11.3 Å². The zero-order valence-electron chi connectivity index (χ0n) is 9.98. The van der Waals surface area contributed by atoms with Gasteiger partial charge in [-0.15, -0.1) is 11.3 Å². The lowest BCUT2D eigenvalue weighted by Gasteiger charge is -2.31. The zero-order chi connectivity index (χ0) is 11.4. The molecule has 2 rings (SSSR count). The Morgan fingerprint density at radius 2 is 2.25 bits per heavy atom. The summed E-state index contributed by atoms with van der Waals surface area (Å²) in [5.41, 5.74) is 6.83. The van der Waals surface area contributed by atoms with Gasteiger partial charge in [0, 0.05) is 11.9 Å². The Kier molecular flexibility index (Phi) is 4.32. The maximum atomic E-state index is 5.60. The van der Waals surface area contributed by atoms with Gasteiger partial charge in [-0.3, -0.25) is 4.90 Å². The number of piperidine rings is 1. The normalized spacial score (nSPS) is 19.1. The Balaban J connectivity index is 1.77. The number of aromatic nitrogens is 1. The van der Waals surface area contributed by atoms with E-state index in [-0.39, 0.29) is 0 Å². The quantitative estimate of drug-likeness (QED) is 0.874. The molecule has 0 spiro atoms. The van der Waals surface area contributed by atoms with Gasteiger partial charge in [0.25, 0.3) is 0 Å². The van der Waals surface area contributed by atoms with Crippen LogP contribution in [0.3, 0.4) is 0 Å². The largest absolute Gasteiger partial charge is 0.330 e. The molecule has 1 aromatic heterocycles. The maximum Gasteiger partial charge on any atom is 0.0897 e. The van der Waals surface area contributed by atoms with Crippen molar-refractivity contribution in [1.29, 1.82) is 0 Å². The molecule has 1 aliphatic rings. The van der Waals surface area contributed by atoms with Crippen LogP contribution in [0, 0.1) is 12.8 Å². The van der Waals surface area contributed by atoms with Crippen LogP contribution in [0.4, 0.5) is 0 Å². The topological polar surface area (TPSA) is 42.2 Å². The third-order valence-electron chi connectivity index (χ3n) is 3.33. The number of aryl methyl sites for hydroxylation is 1. The lowest BCUT2D eigenvalue weighted by atomic mass is 9.93. The number of nitrogens with two attached hydrogens (primary N) is 1. The predicted molar refractivity (Wildman–Crippen MR) is 68.5 cm³/mol. The van der Waals surface area contributed by atoms with Crippen molar-refractivity contribution in [3.63, 3.8) is 0 Å². The van der Waals surface area contributed by atoms with Gasteiger partial charge in [0.15, 0.2) is 0 Å². The number of nitrogens with zero attached hydrogens (tertiary/aromatic N) is 2. The smallest absolute Gasteiger partial charge is 0.0897 e. The fourth-order valence-electron chi connectivity index (χ4n) is 2.38. The summed E-state index contributed by atoms with van der Waals surface area (Å²) in [5, 5.41) is 3.36. The molecule has 0 amide bonds. The monoisotopic (exact) mass is 239 g/mol. The number of rotatable bonds is 4. The van der Waals surface area contributed by atoms with E-state index in [0.717, 1.165) is 19.0 Å². The molecule has 1 aliphatic heterocycles. The first-order chi connectivity index (χ1) is 7.78. The van der Waals surface area contributed by atoms with Crippen LogP contribution >= 0.6 is 11.3 Å². The molecule has 16 heavy (non-hydrogen) atoms. The van der Waals surface area contributed by atoms with Crippen molar-refractivity contribution < 1.29 is 0 Å². The number of hydrogen-bond donors (Lipinski definition) is 1. The molecule has 2 N–H and O–H groups in total. The van der Waals surface area contributed by atoms with Gasteiger partial charge in [0.2, 0.25) is 0 Å². The molecule has 0 aromatic carbocycles. The first-order valence-corrected chi connectivity index (χ1v) is 6.99. The lowest BCUT2D eigenvalue weighted by molar-refractivity contribution is 0.172. The highest BCUT2D eigenvalue weighted by Gasteiger charge is 2.18. The fourth-order valence-corrected chi connectivity index (χ4v) is 2.98. The second-order valence-corrected chi connectivity index (χ2v) is 5.72. The van der Waals surface area contributed by atoms with E-state index in [1.165, 1.54) is 43.1 Å². The van der Waals surface area contributed by atoms with Gasteiger partial charge in [-0.25, -0.2) is 4.98 Å². The predicted octanol–water partition coefficient (Wildman–Crippen LogP) is 2.01. The van der Waals surface area contributed by atoms with Crippen LogP contribution in [0.2, 0.25) is 0 Å². The second-order valence-electron chi connectivity index (χ2n) is 4.65. The van der Waals surface area contributed by atoms with Crippen LogP contribution in [0.25, 0.3) is 0 Å². The van der Waals surface area contributed by atoms with E-state index in [9.17, 15) is 0 Å². The Labute approximate surface area is 102 Å². The van der Waals surface area contributed by atoms with Crippen molar-refractivity contribution in [1.82, 2.24) is 9.88 Å². The molecule has 4 heteroatoms. The van der Waals surface area contributed by atoms with Crippen LogP contribution in [0.15, 0.2) is 5.38 Å². The lowest BCUT2D eigenvalue weighted by Crippen LogP contribution is -2.33.